The van der Waals surface area contributed by atoms with Crippen LogP contribution in [0.2, 0.25) is 0 Å². The van der Waals surface area contributed by atoms with Crippen LogP contribution in [0.4, 0.5) is 4.79 Å². The fourth-order valence-corrected chi connectivity index (χ4v) is 4.17. The molecule has 0 aliphatic heterocycles. The number of phenolic OH excluding ortho intramolecular Hbond substituents is 1. The van der Waals surface area contributed by atoms with Crippen molar-refractivity contribution < 1.29 is 24.2 Å². The summed E-state index contributed by atoms with van der Waals surface area (Å²) in [5, 5.41) is 15.6. The Morgan fingerprint density at radius 2 is 1.65 bits per heavy atom. The number of aromatic hydroxyl groups is 1. The second-order valence-electron chi connectivity index (χ2n) is 11.0. The number of alkyl carbamates (subject to hydrolysis) is 1. The first-order valence-corrected chi connectivity index (χ1v) is 12.9. The number of hydrogen-bond donors (Lipinski definition) is 3. The lowest BCUT2D eigenvalue weighted by molar-refractivity contribution is -0.143. The van der Waals surface area contributed by atoms with Gasteiger partial charge in [-0.25, -0.2) is 4.79 Å². The van der Waals surface area contributed by atoms with Gasteiger partial charge in [0.25, 0.3) is 0 Å². The Balaban J connectivity index is 1.92. The van der Waals surface area contributed by atoms with Gasteiger partial charge in [0.05, 0.1) is 0 Å². The first kappa shape index (κ1) is 28.0. The predicted molar refractivity (Wildman–Crippen MR) is 142 cm³/mol. The molecule has 3 amide bonds. The van der Waals surface area contributed by atoms with Gasteiger partial charge in [-0.3, -0.25) is 9.59 Å². The highest BCUT2D eigenvalue weighted by Gasteiger charge is 2.44. The number of rotatable bonds is 10. The molecule has 3 N–H and O–H groups in total. The molecule has 1 fully saturated rings. The van der Waals surface area contributed by atoms with Gasteiger partial charge < -0.3 is 25.4 Å². The molecular formula is C29H39N3O5. The summed E-state index contributed by atoms with van der Waals surface area (Å²) in [5.41, 5.74) is 0.815. The minimum Gasteiger partial charge on any atom is -0.508 e. The summed E-state index contributed by atoms with van der Waals surface area (Å²) in [6.07, 6.45) is 1.27. The van der Waals surface area contributed by atoms with Crippen molar-refractivity contribution in [3.63, 3.8) is 0 Å². The van der Waals surface area contributed by atoms with Crippen LogP contribution in [0.1, 0.15) is 71.0 Å². The van der Waals surface area contributed by atoms with Crippen LogP contribution < -0.4 is 10.6 Å². The molecule has 2 atom stereocenters. The minimum absolute atomic E-state index is 0.0702. The second kappa shape index (κ2) is 12.1. The molecule has 0 heterocycles. The molecular weight excluding hydrogens is 470 g/mol. The van der Waals surface area contributed by atoms with Crippen molar-refractivity contribution in [1.82, 2.24) is 15.5 Å². The molecule has 1 aliphatic rings. The van der Waals surface area contributed by atoms with E-state index in [4.69, 9.17) is 4.74 Å². The van der Waals surface area contributed by atoms with Crippen LogP contribution >= 0.6 is 0 Å². The quantitative estimate of drug-likeness (QED) is 0.431. The zero-order valence-electron chi connectivity index (χ0n) is 22.4. The van der Waals surface area contributed by atoms with Crippen LogP contribution in [0.3, 0.4) is 0 Å². The maximum absolute atomic E-state index is 14.0. The number of nitrogens with one attached hydrogen (secondary N) is 2. The average molecular weight is 510 g/mol. The first-order chi connectivity index (χ1) is 17.4. The fourth-order valence-electron chi connectivity index (χ4n) is 4.17. The highest BCUT2D eigenvalue weighted by atomic mass is 16.6. The zero-order chi connectivity index (χ0) is 27.2. The number of ether oxygens (including phenoxy) is 1. The van der Waals surface area contributed by atoms with Gasteiger partial charge in [-0.05, 0) is 69.2 Å². The number of benzene rings is 2. The monoisotopic (exact) mass is 509 g/mol. The van der Waals surface area contributed by atoms with Crippen molar-refractivity contribution in [2.45, 2.75) is 84.2 Å². The van der Waals surface area contributed by atoms with Crippen LogP contribution in [0, 0.1) is 5.92 Å². The lowest BCUT2D eigenvalue weighted by atomic mass is 9.99. The summed E-state index contributed by atoms with van der Waals surface area (Å²) < 4.78 is 5.42. The van der Waals surface area contributed by atoms with Crippen molar-refractivity contribution in [2.75, 3.05) is 0 Å². The molecule has 2 aromatic carbocycles. The van der Waals surface area contributed by atoms with Gasteiger partial charge in [-0.1, -0.05) is 56.3 Å². The van der Waals surface area contributed by atoms with Gasteiger partial charge in [-0.2, -0.15) is 0 Å². The summed E-state index contributed by atoms with van der Waals surface area (Å²) in [6, 6.07) is 14.0. The number of carbonyl (C=O) groups is 3. The SMILES string of the molecule is CC(C)CC(NC(=O)OC(C)(C)C)C(=O)N(C1CC1)C(C(=O)NCc1ccccc1)c1ccc(O)cc1. The smallest absolute Gasteiger partial charge is 0.408 e. The van der Waals surface area contributed by atoms with Gasteiger partial charge in [0.2, 0.25) is 11.8 Å². The van der Waals surface area contributed by atoms with Gasteiger partial charge in [-0.15, -0.1) is 0 Å². The van der Waals surface area contributed by atoms with Crippen molar-refractivity contribution in [3.8, 4) is 5.75 Å². The summed E-state index contributed by atoms with van der Waals surface area (Å²) in [7, 11) is 0. The van der Waals surface area contributed by atoms with Crippen LogP contribution in [0.25, 0.3) is 0 Å². The molecule has 0 bridgehead atoms. The Labute approximate surface area is 219 Å². The van der Waals surface area contributed by atoms with E-state index in [1.54, 1.807) is 37.8 Å². The molecule has 2 unspecified atom stereocenters. The van der Waals surface area contributed by atoms with Crippen molar-refractivity contribution in [2.24, 2.45) is 5.92 Å². The van der Waals surface area contributed by atoms with Gasteiger partial charge in [0.15, 0.2) is 0 Å². The Morgan fingerprint density at radius 3 is 2.19 bits per heavy atom. The van der Waals surface area contributed by atoms with Crippen LogP contribution in [0.5, 0.6) is 5.75 Å². The highest BCUT2D eigenvalue weighted by molar-refractivity contribution is 5.92. The molecule has 0 saturated heterocycles. The minimum atomic E-state index is -0.917. The Bertz CT molecular complexity index is 1060. The molecule has 8 nitrogen and oxygen atoms in total. The maximum Gasteiger partial charge on any atom is 0.408 e. The topological polar surface area (TPSA) is 108 Å². The van der Waals surface area contributed by atoms with Gasteiger partial charge in [0, 0.05) is 12.6 Å². The standard InChI is InChI=1S/C29H39N3O5/c1-19(2)17-24(31-28(36)37-29(3,4)5)27(35)32(22-13-14-22)25(21-11-15-23(33)16-12-21)26(34)30-18-20-9-7-6-8-10-20/h6-12,15-16,19,22,24-25,33H,13-14,17-18H2,1-5H3,(H,30,34)(H,31,36). The third-order valence-electron chi connectivity index (χ3n) is 5.94. The Hall–Kier alpha value is -3.55. The van der Waals surface area contributed by atoms with Crippen LogP contribution in [-0.2, 0) is 20.9 Å². The van der Waals surface area contributed by atoms with E-state index >= 15 is 0 Å². The molecule has 0 radical (unpaired) electrons. The molecule has 1 aliphatic carbocycles. The van der Waals surface area contributed by atoms with Crippen LogP contribution in [0.15, 0.2) is 54.6 Å². The molecule has 3 rings (SSSR count). The number of carbonyl (C=O) groups excluding carboxylic acids is 3. The number of nitrogens with zero attached hydrogens (tertiary/aromatic N) is 1. The summed E-state index contributed by atoms with van der Waals surface area (Å²) in [5.74, 6) is -0.463. The number of hydrogen-bond acceptors (Lipinski definition) is 5. The third-order valence-corrected chi connectivity index (χ3v) is 5.94. The van der Waals surface area contributed by atoms with E-state index in [0.29, 0.717) is 18.5 Å². The second-order valence-corrected chi connectivity index (χ2v) is 11.0. The summed E-state index contributed by atoms with van der Waals surface area (Å²) >= 11 is 0. The number of amides is 3. The predicted octanol–water partition coefficient (Wildman–Crippen LogP) is 4.68. The van der Waals surface area contributed by atoms with Crippen LogP contribution in [-0.4, -0.2) is 45.6 Å². The lowest BCUT2D eigenvalue weighted by Crippen LogP contribution is -2.54. The van der Waals surface area contributed by atoms with E-state index in [1.807, 2.05) is 44.2 Å². The molecule has 200 valence electrons. The van der Waals surface area contributed by atoms with E-state index in [-0.39, 0.29) is 29.5 Å². The van der Waals surface area contributed by atoms with E-state index < -0.39 is 23.8 Å². The molecule has 0 aromatic heterocycles. The van der Waals surface area contributed by atoms with Crippen molar-refractivity contribution in [3.05, 3.63) is 65.7 Å². The normalized spacial score (nSPS) is 15.0. The lowest BCUT2D eigenvalue weighted by Gasteiger charge is -2.35. The van der Waals surface area contributed by atoms with Crippen molar-refractivity contribution >= 4 is 17.9 Å². The summed E-state index contributed by atoms with van der Waals surface area (Å²) in [6.45, 7) is 9.55. The molecule has 2 aromatic rings. The van der Waals surface area contributed by atoms with Gasteiger partial charge in [0.1, 0.15) is 23.4 Å². The fraction of sp³-hybridized carbons (Fsp3) is 0.483. The Morgan fingerprint density at radius 1 is 1.03 bits per heavy atom. The zero-order valence-corrected chi connectivity index (χ0v) is 22.4. The highest BCUT2D eigenvalue weighted by Crippen LogP contribution is 2.36. The number of phenols is 1. The molecule has 37 heavy (non-hydrogen) atoms. The molecule has 8 heteroatoms. The van der Waals surface area contributed by atoms with E-state index in [1.165, 1.54) is 12.1 Å². The molecule has 1 saturated carbocycles. The first-order valence-electron chi connectivity index (χ1n) is 12.9. The van der Waals surface area contributed by atoms with E-state index in [0.717, 1.165) is 18.4 Å². The van der Waals surface area contributed by atoms with Crippen molar-refractivity contribution in [1.29, 1.82) is 0 Å². The average Bonchev–Trinajstić information content (AvgIpc) is 3.65. The third kappa shape index (κ3) is 8.51. The van der Waals surface area contributed by atoms with E-state index in [2.05, 4.69) is 10.6 Å². The largest absolute Gasteiger partial charge is 0.508 e. The van der Waals surface area contributed by atoms with E-state index in [9.17, 15) is 19.5 Å². The molecule has 0 spiro atoms. The maximum atomic E-state index is 14.0. The van der Waals surface area contributed by atoms with Gasteiger partial charge >= 0.3 is 6.09 Å². The Kier molecular flexibility index (Phi) is 9.18. The summed E-state index contributed by atoms with van der Waals surface area (Å²) in [4.78, 5) is 41.9.